The third kappa shape index (κ3) is 2.98. The van der Waals surface area contributed by atoms with E-state index in [1.807, 2.05) is 0 Å². The third-order valence-electron chi connectivity index (χ3n) is 2.17. The fourth-order valence-electron chi connectivity index (χ4n) is 1.34. The quantitative estimate of drug-likeness (QED) is 0.615. The molecule has 1 rings (SSSR count). The molecule has 0 aliphatic carbocycles. The van der Waals surface area contributed by atoms with Crippen LogP contribution in [0.1, 0.15) is 17.9 Å². The zero-order valence-electron chi connectivity index (χ0n) is 8.64. The van der Waals surface area contributed by atoms with Gasteiger partial charge in [-0.05, 0) is 24.1 Å². The molecule has 0 fully saturated rings. The van der Waals surface area contributed by atoms with Crippen molar-refractivity contribution in [2.45, 2.75) is 12.3 Å². The number of ether oxygens (including phenoxy) is 1. The van der Waals surface area contributed by atoms with Crippen LogP contribution < -0.4 is 14.9 Å². The van der Waals surface area contributed by atoms with Crippen LogP contribution in [0, 0.1) is 0 Å². The molecule has 16 heavy (non-hydrogen) atoms. The Labute approximate surface area is 92.3 Å². The highest BCUT2D eigenvalue weighted by Gasteiger charge is 2.13. The second-order valence-corrected chi connectivity index (χ2v) is 3.22. The molecule has 0 radical (unpaired) electrons. The van der Waals surface area contributed by atoms with Gasteiger partial charge in [-0.1, -0.05) is 12.1 Å². The number of aliphatic carboxylic acids is 2. The molecule has 0 saturated heterocycles. The summed E-state index contributed by atoms with van der Waals surface area (Å²) in [6, 6.07) is 6.09. The van der Waals surface area contributed by atoms with Gasteiger partial charge in [0.15, 0.2) is 0 Å². The van der Waals surface area contributed by atoms with E-state index in [2.05, 4.69) is 0 Å². The summed E-state index contributed by atoms with van der Waals surface area (Å²) in [4.78, 5) is 21.1. The first-order valence-electron chi connectivity index (χ1n) is 4.59. The molecule has 1 aromatic rings. The zero-order valence-corrected chi connectivity index (χ0v) is 8.64. The highest BCUT2D eigenvalue weighted by molar-refractivity contribution is 5.80. The number of methoxy groups -OCH3 is 1. The maximum Gasteiger partial charge on any atom is 0.118 e. The van der Waals surface area contributed by atoms with Gasteiger partial charge in [0.2, 0.25) is 0 Å². The Morgan fingerprint density at radius 3 is 2.19 bits per heavy atom. The summed E-state index contributed by atoms with van der Waals surface area (Å²) in [6.07, 6.45) is -0.603. The lowest BCUT2D eigenvalue weighted by atomic mass is 9.96. The summed E-state index contributed by atoms with van der Waals surface area (Å²) in [5.41, 5.74) is 0.352. The average molecular weight is 222 g/mol. The Morgan fingerprint density at radius 2 is 1.81 bits per heavy atom. The standard InChI is InChI=1S/C11H12O5/c1-16-8-4-2-7(3-5-8)9(11(14)15)6-10(12)13/h2-5,9H,6H2,1H3,(H,12,13)(H,14,15)/p-2/t9-/m0/s1. The van der Waals surface area contributed by atoms with E-state index in [0.29, 0.717) is 11.3 Å². The number of carbonyl (C=O) groups excluding carboxylic acids is 2. The highest BCUT2D eigenvalue weighted by Crippen LogP contribution is 2.21. The van der Waals surface area contributed by atoms with Gasteiger partial charge in [0.25, 0.3) is 0 Å². The first kappa shape index (κ1) is 12.0. The topological polar surface area (TPSA) is 89.5 Å². The molecule has 0 unspecified atom stereocenters. The molecule has 0 heterocycles. The minimum Gasteiger partial charge on any atom is -0.550 e. The van der Waals surface area contributed by atoms with Gasteiger partial charge in [-0.15, -0.1) is 0 Å². The number of benzene rings is 1. The minimum absolute atomic E-state index is 0.352. The van der Waals surface area contributed by atoms with Gasteiger partial charge in [-0.25, -0.2) is 0 Å². The molecule has 0 aliphatic rings. The number of rotatable bonds is 5. The van der Waals surface area contributed by atoms with Crippen LogP contribution in [0.25, 0.3) is 0 Å². The van der Waals surface area contributed by atoms with Gasteiger partial charge < -0.3 is 24.5 Å². The molecular weight excluding hydrogens is 212 g/mol. The molecular formula is C11H10O5-2. The van der Waals surface area contributed by atoms with Gasteiger partial charge >= 0.3 is 0 Å². The molecule has 5 nitrogen and oxygen atoms in total. The molecule has 0 aliphatic heterocycles. The highest BCUT2D eigenvalue weighted by atomic mass is 16.5. The Bertz CT molecular complexity index is 382. The lowest BCUT2D eigenvalue weighted by Gasteiger charge is -2.19. The predicted octanol–water partition coefficient (Wildman–Crippen LogP) is -1.33. The lowest BCUT2D eigenvalue weighted by Crippen LogP contribution is -2.34. The van der Waals surface area contributed by atoms with Crippen LogP contribution in [0.4, 0.5) is 0 Å². The molecule has 0 aromatic heterocycles. The third-order valence-corrected chi connectivity index (χ3v) is 2.17. The van der Waals surface area contributed by atoms with Crippen molar-refractivity contribution >= 4 is 11.9 Å². The van der Waals surface area contributed by atoms with E-state index in [1.54, 1.807) is 12.1 Å². The van der Waals surface area contributed by atoms with Crippen LogP contribution in [-0.4, -0.2) is 19.0 Å². The predicted molar refractivity (Wildman–Crippen MR) is 50.4 cm³/mol. The van der Waals surface area contributed by atoms with Crippen molar-refractivity contribution in [2.24, 2.45) is 0 Å². The smallest absolute Gasteiger partial charge is 0.118 e. The van der Waals surface area contributed by atoms with E-state index in [1.165, 1.54) is 19.2 Å². The maximum atomic E-state index is 10.8. The summed E-state index contributed by atoms with van der Waals surface area (Å²) in [6.45, 7) is 0. The average Bonchev–Trinajstić information content (AvgIpc) is 2.25. The Kier molecular flexibility index (Phi) is 3.88. The van der Waals surface area contributed by atoms with Crippen LogP contribution in [0.5, 0.6) is 5.75 Å². The largest absolute Gasteiger partial charge is 0.550 e. The van der Waals surface area contributed by atoms with Crippen molar-refractivity contribution in [2.75, 3.05) is 7.11 Å². The van der Waals surface area contributed by atoms with E-state index in [9.17, 15) is 19.8 Å². The zero-order chi connectivity index (χ0) is 12.1. The second-order valence-electron chi connectivity index (χ2n) is 3.22. The molecule has 1 atom stereocenters. The van der Waals surface area contributed by atoms with Crippen molar-refractivity contribution in [3.8, 4) is 5.75 Å². The van der Waals surface area contributed by atoms with Crippen LogP contribution in [-0.2, 0) is 9.59 Å². The molecule has 0 N–H and O–H groups in total. The minimum atomic E-state index is -1.44. The van der Waals surface area contributed by atoms with Gasteiger partial charge in [0.1, 0.15) is 5.75 Å². The van der Waals surface area contributed by atoms with Crippen LogP contribution >= 0.6 is 0 Å². The van der Waals surface area contributed by atoms with Crippen LogP contribution in [0.3, 0.4) is 0 Å². The molecule has 5 heteroatoms. The first-order chi connectivity index (χ1) is 7.54. The number of hydrogen-bond donors (Lipinski definition) is 0. The molecule has 0 bridgehead atoms. The van der Waals surface area contributed by atoms with Crippen molar-refractivity contribution in [1.29, 1.82) is 0 Å². The molecule has 1 aromatic carbocycles. The van der Waals surface area contributed by atoms with Crippen molar-refractivity contribution in [3.63, 3.8) is 0 Å². The Balaban J connectivity index is 2.92. The van der Waals surface area contributed by atoms with Crippen molar-refractivity contribution in [3.05, 3.63) is 29.8 Å². The summed E-state index contributed by atoms with van der Waals surface area (Å²) >= 11 is 0. The summed E-state index contributed by atoms with van der Waals surface area (Å²) in [5, 5.41) is 21.1. The van der Waals surface area contributed by atoms with Gasteiger partial charge in [-0.3, -0.25) is 0 Å². The Morgan fingerprint density at radius 1 is 1.25 bits per heavy atom. The number of hydrogen-bond acceptors (Lipinski definition) is 5. The fourth-order valence-corrected chi connectivity index (χ4v) is 1.34. The van der Waals surface area contributed by atoms with E-state index in [4.69, 9.17) is 4.74 Å². The Hall–Kier alpha value is -2.04. The SMILES string of the molecule is COc1ccc([C@H](CC(=O)[O-])C(=O)[O-])cc1. The second kappa shape index (κ2) is 5.16. The monoisotopic (exact) mass is 222 g/mol. The molecule has 0 spiro atoms. The summed E-state index contributed by atoms with van der Waals surface area (Å²) in [5.74, 6) is -3.50. The maximum absolute atomic E-state index is 10.8. The van der Waals surface area contributed by atoms with E-state index in [0.717, 1.165) is 0 Å². The van der Waals surface area contributed by atoms with Gasteiger partial charge in [0.05, 0.1) is 7.11 Å². The van der Waals surface area contributed by atoms with E-state index < -0.39 is 24.3 Å². The fraction of sp³-hybridized carbons (Fsp3) is 0.273. The molecule has 86 valence electrons. The van der Waals surface area contributed by atoms with E-state index in [-0.39, 0.29) is 0 Å². The van der Waals surface area contributed by atoms with Crippen molar-refractivity contribution < 1.29 is 24.5 Å². The number of carboxylic acids is 2. The van der Waals surface area contributed by atoms with Crippen molar-refractivity contribution in [1.82, 2.24) is 0 Å². The first-order valence-corrected chi connectivity index (χ1v) is 4.59. The molecule has 0 saturated carbocycles. The van der Waals surface area contributed by atoms with Gasteiger partial charge in [0, 0.05) is 17.9 Å². The van der Waals surface area contributed by atoms with E-state index >= 15 is 0 Å². The summed E-state index contributed by atoms with van der Waals surface area (Å²) < 4.78 is 4.90. The number of carbonyl (C=O) groups is 2. The van der Waals surface area contributed by atoms with Crippen LogP contribution in [0.15, 0.2) is 24.3 Å². The van der Waals surface area contributed by atoms with Crippen LogP contribution in [0.2, 0.25) is 0 Å². The molecule has 0 amide bonds. The van der Waals surface area contributed by atoms with Gasteiger partial charge in [-0.2, -0.15) is 0 Å². The normalized spacial score (nSPS) is 11.8. The lowest BCUT2D eigenvalue weighted by molar-refractivity contribution is -0.317. The number of carboxylic acid groups (broad SMARTS) is 2. The summed E-state index contributed by atoms with van der Waals surface area (Å²) in [7, 11) is 1.48.